The molecule has 1 aromatic rings. The number of carboxylic acids is 1. The Hall–Kier alpha value is -1.46. The molecular formula is C19H30N2O3. The molecule has 1 fully saturated rings. The van der Waals surface area contributed by atoms with Crippen molar-refractivity contribution in [2.24, 2.45) is 17.6 Å². The van der Waals surface area contributed by atoms with Gasteiger partial charge in [-0.2, -0.15) is 0 Å². The highest BCUT2D eigenvalue weighted by Crippen LogP contribution is 2.50. The Kier molecular flexibility index (Phi) is 5.99. The first-order valence-electron chi connectivity index (χ1n) is 8.94. The summed E-state index contributed by atoms with van der Waals surface area (Å²) >= 11 is 0. The summed E-state index contributed by atoms with van der Waals surface area (Å²) in [5.74, 6) is 0.213. The Morgan fingerprint density at radius 1 is 1.50 bits per heavy atom. The number of aromatic nitrogens is 1. The minimum Gasteiger partial charge on any atom is -0.479 e. The SMILES string of the molecule is CCC[C@H]1C[C@@H]1c1ccnc(C[C@](O)(C(=O)O)[C@@H](N)CC(C)C)c1. The summed E-state index contributed by atoms with van der Waals surface area (Å²) in [6.45, 7) is 6.11. The van der Waals surface area contributed by atoms with Crippen LogP contribution in [0.1, 0.15) is 63.6 Å². The van der Waals surface area contributed by atoms with Crippen LogP contribution in [-0.4, -0.2) is 32.8 Å². The van der Waals surface area contributed by atoms with Crippen LogP contribution in [0, 0.1) is 11.8 Å². The van der Waals surface area contributed by atoms with E-state index in [2.05, 4.69) is 11.9 Å². The third-order valence-corrected chi connectivity index (χ3v) is 5.01. The number of aliphatic carboxylic acids is 1. The van der Waals surface area contributed by atoms with E-state index in [0.717, 1.165) is 5.92 Å². The third-order valence-electron chi connectivity index (χ3n) is 5.01. The van der Waals surface area contributed by atoms with Gasteiger partial charge in [0.15, 0.2) is 5.60 Å². The lowest BCUT2D eigenvalue weighted by atomic mass is 9.84. The Bertz CT molecular complexity index is 575. The van der Waals surface area contributed by atoms with Gasteiger partial charge in [0.05, 0.1) is 0 Å². The fraction of sp³-hybridized carbons (Fsp3) is 0.684. The van der Waals surface area contributed by atoms with Crippen molar-refractivity contribution in [3.63, 3.8) is 0 Å². The van der Waals surface area contributed by atoms with Crippen molar-refractivity contribution in [1.29, 1.82) is 0 Å². The molecule has 0 aliphatic heterocycles. The van der Waals surface area contributed by atoms with Crippen molar-refractivity contribution in [3.05, 3.63) is 29.6 Å². The molecular weight excluding hydrogens is 304 g/mol. The van der Waals surface area contributed by atoms with Crippen molar-refractivity contribution < 1.29 is 15.0 Å². The van der Waals surface area contributed by atoms with Gasteiger partial charge in [-0.1, -0.05) is 33.6 Å². The number of carbonyl (C=O) groups is 1. The fourth-order valence-corrected chi connectivity index (χ4v) is 3.51. The number of nitrogens with two attached hydrogens (primary N) is 1. The smallest absolute Gasteiger partial charge is 0.337 e. The maximum absolute atomic E-state index is 11.7. The molecule has 0 saturated heterocycles. The van der Waals surface area contributed by atoms with Crippen molar-refractivity contribution >= 4 is 5.97 Å². The molecule has 5 nitrogen and oxygen atoms in total. The first kappa shape index (κ1) is 18.9. The van der Waals surface area contributed by atoms with Crippen molar-refractivity contribution in [2.45, 2.75) is 70.4 Å². The predicted molar refractivity (Wildman–Crippen MR) is 93.7 cm³/mol. The zero-order chi connectivity index (χ0) is 17.9. The maximum Gasteiger partial charge on any atom is 0.337 e. The van der Waals surface area contributed by atoms with Crippen molar-refractivity contribution in [3.8, 4) is 0 Å². The Morgan fingerprint density at radius 3 is 2.79 bits per heavy atom. The van der Waals surface area contributed by atoms with Crippen LogP contribution in [0.25, 0.3) is 0 Å². The molecule has 0 spiro atoms. The summed E-state index contributed by atoms with van der Waals surface area (Å²) in [5.41, 5.74) is 5.83. The quantitative estimate of drug-likeness (QED) is 0.645. The van der Waals surface area contributed by atoms with Gasteiger partial charge in [-0.05, 0) is 48.3 Å². The first-order valence-corrected chi connectivity index (χ1v) is 8.94. The Morgan fingerprint density at radius 2 is 2.21 bits per heavy atom. The van der Waals surface area contributed by atoms with Gasteiger partial charge in [0.25, 0.3) is 0 Å². The van der Waals surface area contributed by atoms with E-state index in [1.54, 1.807) is 6.20 Å². The molecule has 1 aliphatic rings. The fourth-order valence-electron chi connectivity index (χ4n) is 3.51. The van der Waals surface area contributed by atoms with E-state index in [1.165, 1.54) is 24.8 Å². The van der Waals surface area contributed by atoms with Crippen molar-refractivity contribution in [1.82, 2.24) is 4.98 Å². The zero-order valence-corrected chi connectivity index (χ0v) is 14.9. The van der Waals surface area contributed by atoms with Gasteiger partial charge in [0.1, 0.15) is 0 Å². The maximum atomic E-state index is 11.7. The van der Waals surface area contributed by atoms with Crippen LogP contribution in [0.3, 0.4) is 0 Å². The highest BCUT2D eigenvalue weighted by Gasteiger charge is 2.43. The van der Waals surface area contributed by atoms with E-state index >= 15 is 0 Å². The molecule has 0 radical (unpaired) electrons. The van der Waals surface area contributed by atoms with Gasteiger partial charge >= 0.3 is 5.97 Å². The van der Waals surface area contributed by atoms with Crippen molar-refractivity contribution in [2.75, 3.05) is 0 Å². The van der Waals surface area contributed by atoms with Crippen LogP contribution in [0.5, 0.6) is 0 Å². The molecule has 1 heterocycles. The largest absolute Gasteiger partial charge is 0.479 e. The summed E-state index contributed by atoms with van der Waals surface area (Å²) in [4.78, 5) is 15.9. The first-order chi connectivity index (χ1) is 11.3. The van der Waals surface area contributed by atoms with Crippen LogP contribution in [0.4, 0.5) is 0 Å². The lowest BCUT2D eigenvalue weighted by Gasteiger charge is -2.30. The molecule has 0 unspecified atom stereocenters. The second-order valence-corrected chi connectivity index (χ2v) is 7.61. The molecule has 0 amide bonds. The highest BCUT2D eigenvalue weighted by atomic mass is 16.4. The van der Waals surface area contributed by atoms with Crippen LogP contribution in [0.15, 0.2) is 18.3 Å². The predicted octanol–water partition coefficient (Wildman–Crippen LogP) is 2.72. The van der Waals surface area contributed by atoms with E-state index in [1.807, 2.05) is 26.0 Å². The minimum atomic E-state index is -1.98. The molecule has 4 N–H and O–H groups in total. The molecule has 1 saturated carbocycles. The number of pyridine rings is 1. The summed E-state index contributed by atoms with van der Waals surface area (Å²) < 4.78 is 0. The standard InChI is InChI=1S/C19H30N2O3/c1-4-5-13-10-16(13)14-6-7-21-15(9-14)11-19(24,18(22)23)17(20)8-12(2)3/h6-7,9,12-13,16-17,24H,4-5,8,10-11,20H2,1-3H3,(H,22,23)/t13-,16-,17-,19+/m0/s1. The lowest BCUT2D eigenvalue weighted by molar-refractivity contribution is -0.161. The molecule has 4 atom stereocenters. The molecule has 24 heavy (non-hydrogen) atoms. The Labute approximate surface area is 144 Å². The second-order valence-electron chi connectivity index (χ2n) is 7.61. The lowest BCUT2D eigenvalue weighted by Crippen LogP contribution is -2.56. The zero-order valence-electron chi connectivity index (χ0n) is 14.9. The van der Waals surface area contributed by atoms with Gasteiger partial charge in [-0.25, -0.2) is 4.79 Å². The van der Waals surface area contributed by atoms with Gasteiger partial charge in [-0.15, -0.1) is 0 Å². The second kappa shape index (κ2) is 7.62. The third kappa shape index (κ3) is 4.33. The monoisotopic (exact) mass is 334 g/mol. The number of hydrogen-bond acceptors (Lipinski definition) is 4. The normalized spacial score (nSPS) is 23.8. The molecule has 0 aromatic carbocycles. The number of nitrogens with zero attached hydrogens (tertiary/aromatic N) is 1. The molecule has 5 heteroatoms. The van der Waals surface area contributed by atoms with Gasteiger partial charge in [-0.3, -0.25) is 4.98 Å². The topological polar surface area (TPSA) is 96.4 Å². The molecule has 134 valence electrons. The molecule has 0 bridgehead atoms. The number of hydrogen-bond donors (Lipinski definition) is 3. The number of carboxylic acid groups (broad SMARTS) is 1. The molecule has 2 rings (SSSR count). The van der Waals surface area contributed by atoms with E-state index in [-0.39, 0.29) is 12.3 Å². The average molecular weight is 334 g/mol. The van der Waals surface area contributed by atoms with E-state index < -0.39 is 17.6 Å². The number of rotatable bonds is 9. The highest BCUT2D eigenvalue weighted by molar-refractivity contribution is 5.78. The summed E-state index contributed by atoms with van der Waals surface area (Å²) in [6.07, 6.45) is 5.69. The van der Waals surface area contributed by atoms with E-state index in [4.69, 9.17) is 5.73 Å². The summed E-state index contributed by atoms with van der Waals surface area (Å²) in [6, 6.07) is 3.11. The van der Waals surface area contributed by atoms with Gasteiger partial charge < -0.3 is 15.9 Å². The summed E-state index contributed by atoms with van der Waals surface area (Å²) in [7, 11) is 0. The van der Waals surface area contributed by atoms with E-state index in [9.17, 15) is 15.0 Å². The average Bonchev–Trinajstić information content (AvgIpc) is 3.26. The molecule has 1 aromatic heterocycles. The Balaban J connectivity index is 2.14. The van der Waals surface area contributed by atoms with Crippen LogP contribution in [0.2, 0.25) is 0 Å². The van der Waals surface area contributed by atoms with E-state index in [0.29, 0.717) is 18.0 Å². The molecule has 1 aliphatic carbocycles. The van der Waals surface area contributed by atoms with Crippen LogP contribution >= 0.6 is 0 Å². The van der Waals surface area contributed by atoms with Gasteiger partial charge in [0.2, 0.25) is 0 Å². The van der Waals surface area contributed by atoms with Crippen LogP contribution in [-0.2, 0) is 11.2 Å². The van der Waals surface area contributed by atoms with Gasteiger partial charge in [0, 0.05) is 24.4 Å². The summed E-state index contributed by atoms with van der Waals surface area (Å²) in [5, 5.41) is 20.2. The van der Waals surface area contributed by atoms with Crippen LogP contribution < -0.4 is 5.73 Å². The minimum absolute atomic E-state index is 0.0603. The number of aliphatic hydroxyl groups is 1.